The lowest BCUT2D eigenvalue weighted by Gasteiger charge is -2.05. The Morgan fingerprint density at radius 3 is 2.29 bits per heavy atom. The molecule has 0 saturated heterocycles. The summed E-state index contributed by atoms with van der Waals surface area (Å²) in [5.41, 5.74) is 3.94. The van der Waals surface area contributed by atoms with Crippen LogP contribution in [0.15, 0.2) is 48.7 Å². The predicted molar refractivity (Wildman–Crippen MR) is 71.6 cm³/mol. The Labute approximate surface area is 104 Å². The third-order valence-corrected chi connectivity index (χ3v) is 2.91. The van der Waals surface area contributed by atoms with E-state index >= 15 is 0 Å². The number of aryl methyl sites for hydroxylation is 1. The van der Waals surface area contributed by atoms with E-state index in [-0.39, 0.29) is 0 Å². The number of hydrogen-bond acceptors (Lipinski definition) is 0. The smallest absolute Gasteiger partial charge is 0.201 e. The van der Waals surface area contributed by atoms with E-state index in [1.807, 2.05) is 0 Å². The normalized spacial score (nSPS) is 10.8. The molecule has 0 spiro atoms. The Hall–Kier alpha value is -1.63. The Bertz CT molecular complexity index is 486. The van der Waals surface area contributed by atoms with Gasteiger partial charge in [0.05, 0.1) is 0 Å². The van der Waals surface area contributed by atoms with Gasteiger partial charge >= 0.3 is 0 Å². The standard InChI is InChI=1S/C16H20N/c1-13(2)11-14-9-10-16(17(3)12-14)15-7-5-4-6-8-15/h4-10,12-13H,11H2,1-3H3/q+1. The average molecular weight is 226 g/mol. The topological polar surface area (TPSA) is 3.88 Å². The molecule has 2 aromatic rings. The molecule has 0 aliphatic heterocycles. The second-order valence-electron chi connectivity index (χ2n) is 5.00. The Morgan fingerprint density at radius 2 is 1.71 bits per heavy atom. The maximum absolute atomic E-state index is 2.26. The summed E-state index contributed by atoms with van der Waals surface area (Å²) < 4.78 is 2.22. The molecule has 1 aromatic carbocycles. The third-order valence-electron chi connectivity index (χ3n) is 2.91. The van der Waals surface area contributed by atoms with Crippen molar-refractivity contribution in [2.24, 2.45) is 13.0 Å². The molecule has 0 atom stereocenters. The highest BCUT2D eigenvalue weighted by molar-refractivity contribution is 5.55. The van der Waals surface area contributed by atoms with E-state index in [0.717, 1.165) is 6.42 Å². The van der Waals surface area contributed by atoms with Crippen molar-refractivity contribution in [2.45, 2.75) is 20.3 Å². The summed E-state index contributed by atoms with van der Waals surface area (Å²) >= 11 is 0. The average Bonchev–Trinajstić information content (AvgIpc) is 2.29. The van der Waals surface area contributed by atoms with Gasteiger partial charge in [0.25, 0.3) is 0 Å². The van der Waals surface area contributed by atoms with Gasteiger partial charge in [0.15, 0.2) is 6.20 Å². The minimum atomic E-state index is 0.706. The highest BCUT2D eigenvalue weighted by atomic mass is 14.9. The van der Waals surface area contributed by atoms with Crippen LogP contribution in [0.3, 0.4) is 0 Å². The maximum atomic E-state index is 2.26. The maximum Gasteiger partial charge on any atom is 0.212 e. The van der Waals surface area contributed by atoms with Crippen molar-refractivity contribution in [2.75, 3.05) is 0 Å². The molecule has 2 rings (SSSR count). The van der Waals surface area contributed by atoms with Crippen molar-refractivity contribution in [1.82, 2.24) is 0 Å². The van der Waals surface area contributed by atoms with Gasteiger partial charge < -0.3 is 0 Å². The van der Waals surface area contributed by atoms with Crippen LogP contribution in [-0.4, -0.2) is 0 Å². The van der Waals surface area contributed by atoms with Crippen molar-refractivity contribution in [3.05, 3.63) is 54.2 Å². The first-order valence-corrected chi connectivity index (χ1v) is 6.21. The van der Waals surface area contributed by atoms with E-state index in [0.29, 0.717) is 5.92 Å². The SMILES string of the molecule is CC(C)Cc1ccc(-c2ccccc2)[n+](C)c1. The number of aromatic nitrogens is 1. The number of pyridine rings is 1. The lowest BCUT2D eigenvalue weighted by Crippen LogP contribution is -2.31. The van der Waals surface area contributed by atoms with Crippen LogP contribution in [0.5, 0.6) is 0 Å². The van der Waals surface area contributed by atoms with E-state index in [1.54, 1.807) is 0 Å². The van der Waals surface area contributed by atoms with E-state index in [2.05, 4.69) is 74.1 Å². The molecule has 0 bridgehead atoms. The molecule has 17 heavy (non-hydrogen) atoms. The first-order valence-electron chi connectivity index (χ1n) is 6.21. The van der Waals surface area contributed by atoms with Gasteiger partial charge in [0, 0.05) is 17.2 Å². The van der Waals surface area contributed by atoms with Crippen LogP contribution < -0.4 is 4.57 Å². The van der Waals surface area contributed by atoms with Gasteiger partial charge in [0.1, 0.15) is 7.05 Å². The van der Waals surface area contributed by atoms with Crippen molar-refractivity contribution in [1.29, 1.82) is 0 Å². The minimum Gasteiger partial charge on any atom is -0.201 e. The van der Waals surface area contributed by atoms with Crippen LogP contribution >= 0.6 is 0 Å². The van der Waals surface area contributed by atoms with E-state index in [1.165, 1.54) is 16.8 Å². The quantitative estimate of drug-likeness (QED) is 0.706. The van der Waals surface area contributed by atoms with E-state index < -0.39 is 0 Å². The summed E-state index contributed by atoms with van der Waals surface area (Å²) in [6.45, 7) is 4.51. The zero-order valence-electron chi connectivity index (χ0n) is 10.9. The molecule has 88 valence electrons. The Morgan fingerprint density at radius 1 is 1.00 bits per heavy atom. The summed E-state index contributed by atoms with van der Waals surface area (Å²) in [6, 6.07) is 15.0. The van der Waals surface area contributed by atoms with E-state index in [4.69, 9.17) is 0 Å². The van der Waals surface area contributed by atoms with Gasteiger partial charge in [0.2, 0.25) is 5.69 Å². The molecule has 0 amide bonds. The molecule has 1 aromatic heterocycles. The number of rotatable bonds is 3. The fourth-order valence-electron chi connectivity index (χ4n) is 2.17. The summed E-state index contributed by atoms with van der Waals surface area (Å²) in [4.78, 5) is 0. The van der Waals surface area contributed by atoms with Gasteiger partial charge in [-0.05, 0) is 30.5 Å². The Kier molecular flexibility index (Phi) is 3.58. The molecular formula is C16H20N+. The van der Waals surface area contributed by atoms with Crippen LogP contribution in [0.4, 0.5) is 0 Å². The van der Waals surface area contributed by atoms with Crippen LogP contribution in [0.1, 0.15) is 19.4 Å². The lowest BCUT2D eigenvalue weighted by molar-refractivity contribution is -0.660. The molecular weight excluding hydrogens is 206 g/mol. The molecule has 0 fully saturated rings. The minimum absolute atomic E-state index is 0.706. The summed E-state index contributed by atoms with van der Waals surface area (Å²) in [7, 11) is 2.12. The van der Waals surface area contributed by atoms with Crippen LogP contribution in [-0.2, 0) is 13.5 Å². The molecule has 0 saturated carbocycles. The number of hydrogen-bond donors (Lipinski definition) is 0. The molecule has 0 N–H and O–H groups in total. The van der Waals surface area contributed by atoms with Gasteiger partial charge in [-0.15, -0.1) is 0 Å². The highest BCUT2D eigenvalue weighted by Crippen LogP contribution is 2.15. The van der Waals surface area contributed by atoms with Gasteiger partial charge in [-0.1, -0.05) is 32.0 Å². The molecule has 0 unspecified atom stereocenters. The van der Waals surface area contributed by atoms with Gasteiger partial charge in [-0.25, -0.2) is 4.57 Å². The molecule has 0 aliphatic rings. The highest BCUT2D eigenvalue weighted by Gasteiger charge is 2.10. The third kappa shape index (κ3) is 2.94. The largest absolute Gasteiger partial charge is 0.212 e. The zero-order valence-corrected chi connectivity index (χ0v) is 10.9. The van der Waals surface area contributed by atoms with E-state index in [9.17, 15) is 0 Å². The predicted octanol–water partition coefficient (Wildman–Crippen LogP) is 3.38. The van der Waals surface area contributed by atoms with Gasteiger partial charge in [-0.3, -0.25) is 0 Å². The van der Waals surface area contributed by atoms with Crippen molar-refractivity contribution < 1.29 is 4.57 Å². The molecule has 0 radical (unpaired) electrons. The number of nitrogens with zero attached hydrogens (tertiary/aromatic N) is 1. The fraction of sp³-hybridized carbons (Fsp3) is 0.312. The molecule has 1 nitrogen and oxygen atoms in total. The van der Waals surface area contributed by atoms with Crippen LogP contribution in [0, 0.1) is 5.92 Å². The first-order chi connectivity index (χ1) is 8.16. The van der Waals surface area contributed by atoms with Crippen LogP contribution in [0.2, 0.25) is 0 Å². The first kappa shape index (κ1) is 11.8. The fourth-order valence-corrected chi connectivity index (χ4v) is 2.17. The second-order valence-corrected chi connectivity index (χ2v) is 5.00. The molecule has 1 heteroatoms. The summed E-state index contributed by atoms with van der Waals surface area (Å²) in [5.74, 6) is 0.706. The Balaban J connectivity index is 2.32. The monoisotopic (exact) mass is 226 g/mol. The van der Waals surface area contributed by atoms with Crippen molar-refractivity contribution in [3.8, 4) is 11.3 Å². The summed E-state index contributed by atoms with van der Waals surface area (Å²) in [6.07, 6.45) is 3.38. The molecule has 1 heterocycles. The lowest BCUT2D eigenvalue weighted by atomic mass is 10.0. The second kappa shape index (κ2) is 5.13. The molecule has 0 aliphatic carbocycles. The van der Waals surface area contributed by atoms with Crippen molar-refractivity contribution >= 4 is 0 Å². The zero-order chi connectivity index (χ0) is 12.3. The summed E-state index contributed by atoms with van der Waals surface area (Å²) in [5, 5.41) is 0. The van der Waals surface area contributed by atoms with Crippen LogP contribution in [0.25, 0.3) is 11.3 Å². The number of benzene rings is 1. The van der Waals surface area contributed by atoms with Crippen molar-refractivity contribution in [3.63, 3.8) is 0 Å². The van der Waals surface area contributed by atoms with Gasteiger partial charge in [-0.2, -0.15) is 0 Å².